The molecule has 118 valence electrons. The Bertz CT molecular complexity index is 421. The fourth-order valence-corrected chi connectivity index (χ4v) is 3.19. The molecule has 0 N–H and O–H groups in total. The molecule has 2 rings (SSSR count). The summed E-state index contributed by atoms with van der Waals surface area (Å²) in [4.78, 5) is 4.83. The standard InChI is InChI=1S/C17H27FN2O/c1-4-5-14-12-20(13-17(14)19(2)3)10-11-21-16-8-6-15(18)7-9-16/h6-9,14,17H,4-5,10-13H2,1-3H3/t14-,17-/m1/s1. The summed E-state index contributed by atoms with van der Waals surface area (Å²) in [5.41, 5.74) is 0. The molecule has 0 bridgehead atoms. The molecule has 1 fully saturated rings. The van der Waals surface area contributed by atoms with Gasteiger partial charge in [0.05, 0.1) is 0 Å². The zero-order chi connectivity index (χ0) is 15.2. The summed E-state index contributed by atoms with van der Waals surface area (Å²) in [5, 5.41) is 0. The lowest BCUT2D eigenvalue weighted by Crippen LogP contribution is -2.35. The van der Waals surface area contributed by atoms with Crippen molar-refractivity contribution >= 4 is 0 Å². The molecule has 0 unspecified atom stereocenters. The summed E-state index contributed by atoms with van der Waals surface area (Å²) in [5.74, 6) is 1.28. The summed E-state index contributed by atoms with van der Waals surface area (Å²) < 4.78 is 18.5. The van der Waals surface area contributed by atoms with Crippen molar-refractivity contribution in [3.8, 4) is 5.75 Å². The van der Waals surface area contributed by atoms with E-state index in [2.05, 4.69) is 30.8 Å². The molecule has 1 heterocycles. The lowest BCUT2D eigenvalue weighted by atomic mass is 9.98. The second-order valence-electron chi connectivity index (χ2n) is 6.14. The summed E-state index contributed by atoms with van der Waals surface area (Å²) in [6.45, 7) is 6.12. The average molecular weight is 294 g/mol. The molecule has 0 saturated carbocycles. The normalized spacial score (nSPS) is 22.9. The zero-order valence-corrected chi connectivity index (χ0v) is 13.4. The van der Waals surface area contributed by atoms with Gasteiger partial charge in [0.1, 0.15) is 18.2 Å². The van der Waals surface area contributed by atoms with Crippen molar-refractivity contribution in [2.45, 2.75) is 25.8 Å². The monoisotopic (exact) mass is 294 g/mol. The predicted molar refractivity (Wildman–Crippen MR) is 84.2 cm³/mol. The third kappa shape index (κ3) is 4.68. The van der Waals surface area contributed by atoms with Crippen molar-refractivity contribution in [3.63, 3.8) is 0 Å². The van der Waals surface area contributed by atoms with Crippen LogP contribution in [0.25, 0.3) is 0 Å². The summed E-state index contributed by atoms with van der Waals surface area (Å²) in [6.07, 6.45) is 2.53. The number of hydrogen-bond acceptors (Lipinski definition) is 3. The van der Waals surface area contributed by atoms with Crippen molar-refractivity contribution in [1.82, 2.24) is 9.80 Å². The van der Waals surface area contributed by atoms with E-state index in [4.69, 9.17) is 4.74 Å². The van der Waals surface area contributed by atoms with E-state index in [1.165, 1.54) is 25.0 Å². The molecule has 4 heteroatoms. The number of benzene rings is 1. The van der Waals surface area contributed by atoms with Crippen LogP contribution in [0.1, 0.15) is 19.8 Å². The summed E-state index contributed by atoms with van der Waals surface area (Å²) in [6, 6.07) is 6.88. The van der Waals surface area contributed by atoms with Gasteiger partial charge in [-0.3, -0.25) is 4.90 Å². The van der Waals surface area contributed by atoms with Gasteiger partial charge in [-0.25, -0.2) is 4.39 Å². The van der Waals surface area contributed by atoms with E-state index in [9.17, 15) is 4.39 Å². The van der Waals surface area contributed by atoms with Crippen LogP contribution in [0.5, 0.6) is 5.75 Å². The van der Waals surface area contributed by atoms with E-state index in [-0.39, 0.29) is 5.82 Å². The van der Waals surface area contributed by atoms with E-state index in [0.29, 0.717) is 12.6 Å². The van der Waals surface area contributed by atoms with Gasteiger partial charge in [0.25, 0.3) is 0 Å². The van der Waals surface area contributed by atoms with Gasteiger partial charge < -0.3 is 9.64 Å². The minimum absolute atomic E-state index is 0.224. The lowest BCUT2D eigenvalue weighted by Gasteiger charge is -2.24. The highest BCUT2D eigenvalue weighted by Crippen LogP contribution is 2.24. The maximum absolute atomic E-state index is 12.8. The van der Waals surface area contributed by atoms with Crippen molar-refractivity contribution < 1.29 is 9.13 Å². The number of hydrogen-bond donors (Lipinski definition) is 0. The van der Waals surface area contributed by atoms with E-state index >= 15 is 0 Å². The third-order valence-corrected chi connectivity index (χ3v) is 4.29. The van der Waals surface area contributed by atoms with Gasteiger partial charge in [-0.1, -0.05) is 13.3 Å². The van der Waals surface area contributed by atoms with Crippen LogP contribution < -0.4 is 4.74 Å². The minimum Gasteiger partial charge on any atom is -0.492 e. The SMILES string of the molecule is CCC[C@@H]1CN(CCOc2ccc(F)cc2)C[C@H]1N(C)C. The number of rotatable bonds is 7. The maximum Gasteiger partial charge on any atom is 0.123 e. The third-order valence-electron chi connectivity index (χ3n) is 4.29. The average Bonchev–Trinajstić information content (AvgIpc) is 2.85. The zero-order valence-electron chi connectivity index (χ0n) is 13.4. The second-order valence-corrected chi connectivity index (χ2v) is 6.14. The number of ether oxygens (including phenoxy) is 1. The molecule has 21 heavy (non-hydrogen) atoms. The van der Waals surface area contributed by atoms with Crippen molar-refractivity contribution in [3.05, 3.63) is 30.1 Å². The van der Waals surface area contributed by atoms with Gasteiger partial charge in [0.2, 0.25) is 0 Å². The van der Waals surface area contributed by atoms with Crippen LogP contribution in [-0.4, -0.2) is 56.2 Å². The number of likely N-dealkylation sites (tertiary alicyclic amines) is 1. The van der Waals surface area contributed by atoms with Gasteiger partial charge >= 0.3 is 0 Å². The molecular formula is C17H27FN2O. The highest BCUT2D eigenvalue weighted by molar-refractivity contribution is 5.21. The Morgan fingerprint density at radius 1 is 1.24 bits per heavy atom. The Labute approximate surface area is 127 Å². The van der Waals surface area contributed by atoms with Gasteiger partial charge in [-0.2, -0.15) is 0 Å². The van der Waals surface area contributed by atoms with Crippen LogP contribution in [0.15, 0.2) is 24.3 Å². The molecule has 0 aromatic heterocycles. The predicted octanol–water partition coefficient (Wildman–Crippen LogP) is 2.87. The van der Waals surface area contributed by atoms with Crippen molar-refractivity contribution in [1.29, 1.82) is 0 Å². The molecule has 3 nitrogen and oxygen atoms in total. The highest BCUT2D eigenvalue weighted by atomic mass is 19.1. The molecule has 1 aliphatic rings. The molecule has 1 saturated heterocycles. The van der Waals surface area contributed by atoms with Crippen LogP contribution in [0.2, 0.25) is 0 Å². The Morgan fingerprint density at radius 2 is 1.95 bits per heavy atom. The number of likely N-dealkylation sites (N-methyl/N-ethyl adjacent to an activating group) is 1. The highest BCUT2D eigenvalue weighted by Gasteiger charge is 2.32. The lowest BCUT2D eigenvalue weighted by molar-refractivity contribution is 0.219. The molecule has 0 spiro atoms. The number of halogens is 1. The molecule has 0 aliphatic carbocycles. The van der Waals surface area contributed by atoms with Crippen LogP contribution in [0, 0.1) is 11.7 Å². The molecule has 1 aliphatic heterocycles. The Hall–Kier alpha value is -1.13. The summed E-state index contributed by atoms with van der Waals surface area (Å²) in [7, 11) is 4.34. The quantitative estimate of drug-likeness (QED) is 0.769. The minimum atomic E-state index is -0.224. The molecule has 0 radical (unpaired) electrons. The van der Waals surface area contributed by atoms with Gasteiger partial charge in [0.15, 0.2) is 0 Å². The topological polar surface area (TPSA) is 15.7 Å². The van der Waals surface area contributed by atoms with Crippen LogP contribution in [0.4, 0.5) is 4.39 Å². The first-order valence-corrected chi connectivity index (χ1v) is 7.87. The van der Waals surface area contributed by atoms with Gasteiger partial charge in [0, 0.05) is 25.7 Å². The summed E-state index contributed by atoms with van der Waals surface area (Å²) >= 11 is 0. The molecular weight excluding hydrogens is 267 g/mol. The first-order chi connectivity index (χ1) is 10.1. The van der Waals surface area contributed by atoms with E-state index in [0.717, 1.165) is 31.3 Å². The van der Waals surface area contributed by atoms with E-state index in [1.807, 2.05) is 0 Å². The van der Waals surface area contributed by atoms with E-state index in [1.54, 1.807) is 12.1 Å². The molecule has 0 amide bonds. The maximum atomic E-state index is 12.8. The smallest absolute Gasteiger partial charge is 0.123 e. The van der Waals surface area contributed by atoms with Crippen molar-refractivity contribution in [2.24, 2.45) is 5.92 Å². The van der Waals surface area contributed by atoms with Gasteiger partial charge in [-0.05, 0) is 50.7 Å². The molecule has 1 aromatic rings. The Balaban J connectivity index is 1.77. The van der Waals surface area contributed by atoms with Crippen LogP contribution >= 0.6 is 0 Å². The largest absolute Gasteiger partial charge is 0.492 e. The first kappa shape index (κ1) is 16.2. The molecule has 2 atom stereocenters. The number of nitrogens with zero attached hydrogens (tertiary/aromatic N) is 2. The second kappa shape index (κ2) is 7.76. The van der Waals surface area contributed by atoms with Crippen molar-refractivity contribution in [2.75, 3.05) is 40.3 Å². The Kier molecular flexibility index (Phi) is 6.00. The van der Waals surface area contributed by atoms with Crippen LogP contribution in [-0.2, 0) is 0 Å². The molecule has 1 aromatic carbocycles. The van der Waals surface area contributed by atoms with E-state index < -0.39 is 0 Å². The first-order valence-electron chi connectivity index (χ1n) is 7.87. The Morgan fingerprint density at radius 3 is 2.57 bits per heavy atom. The van der Waals surface area contributed by atoms with Gasteiger partial charge in [-0.15, -0.1) is 0 Å². The van der Waals surface area contributed by atoms with Crippen LogP contribution in [0.3, 0.4) is 0 Å². The fraction of sp³-hybridized carbons (Fsp3) is 0.647. The fourth-order valence-electron chi connectivity index (χ4n) is 3.19.